The van der Waals surface area contributed by atoms with E-state index in [1.54, 1.807) is 11.3 Å². The number of hydrogen-bond donors (Lipinski definition) is 1. The zero-order valence-corrected chi connectivity index (χ0v) is 11.5. The van der Waals surface area contributed by atoms with Crippen LogP contribution in [0.1, 0.15) is 17.7 Å². The molecule has 0 amide bonds. The molecule has 2 N–H and O–H groups in total. The SMILES string of the molecule is Nc1ccc(N(Cc2cccs2)C2CC2)c(Cl)c1. The lowest BCUT2D eigenvalue weighted by atomic mass is 10.2. The third kappa shape index (κ3) is 2.47. The molecule has 4 heteroatoms. The predicted molar refractivity (Wildman–Crippen MR) is 79.4 cm³/mol. The van der Waals surface area contributed by atoms with Crippen molar-refractivity contribution < 1.29 is 0 Å². The molecule has 0 aliphatic heterocycles. The molecule has 1 fully saturated rings. The molecular formula is C14H15ClN2S. The topological polar surface area (TPSA) is 29.3 Å². The minimum atomic E-state index is 0.633. The number of halogens is 1. The predicted octanol–water partition coefficient (Wildman–Crippen LogP) is 4.15. The van der Waals surface area contributed by atoms with Gasteiger partial charge in [-0.25, -0.2) is 0 Å². The van der Waals surface area contributed by atoms with E-state index in [4.69, 9.17) is 17.3 Å². The minimum absolute atomic E-state index is 0.633. The molecule has 1 aromatic carbocycles. The molecule has 1 heterocycles. The molecule has 94 valence electrons. The van der Waals surface area contributed by atoms with E-state index < -0.39 is 0 Å². The summed E-state index contributed by atoms with van der Waals surface area (Å²) in [6.07, 6.45) is 2.51. The third-order valence-corrected chi connectivity index (χ3v) is 4.34. The van der Waals surface area contributed by atoms with Gasteiger partial charge in [-0.1, -0.05) is 17.7 Å². The zero-order chi connectivity index (χ0) is 12.5. The van der Waals surface area contributed by atoms with Crippen LogP contribution in [0.25, 0.3) is 0 Å². The Labute approximate surface area is 116 Å². The highest BCUT2D eigenvalue weighted by atomic mass is 35.5. The van der Waals surface area contributed by atoms with E-state index in [2.05, 4.69) is 22.4 Å². The lowest BCUT2D eigenvalue weighted by Crippen LogP contribution is -2.24. The van der Waals surface area contributed by atoms with Crippen molar-refractivity contribution in [3.8, 4) is 0 Å². The van der Waals surface area contributed by atoms with E-state index in [0.717, 1.165) is 22.9 Å². The number of benzene rings is 1. The molecule has 0 radical (unpaired) electrons. The third-order valence-electron chi connectivity index (χ3n) is 3.18. The van der Waals surface area contributed by atoms with Crippen LogP contribution in [0.15, 0.2) is 35.7 Å². The maximum absolute atomic E-state index is 6.32. The summed E-state index contributed by atoms with van der Waals surface area (Å²) < 4.78 is 0. The first-order chi connectivity index (χ1) is 8.74. The second kappa shape index (κ2) is 4.82. The van der Waals surface area contributed by atoms with E-state index in [0.29, 0.717) is 6.04 Å². The van der Waals surface area contributed by atoms with E-state index in [9.17, 15) is 0 Å². The van der Waals surface area contributed by atoms with E-state index in [1.807, 2.05) is 18.2 Å². The van der Waals surface area contributed by atoms with Gasteiger partial charge in [0.1, 0.15) is 0 Å². The average molecular weight is 279 g/mol. The normalized spacial score (nSPS) is 14.7. The summed E-state index contributed by atoms with van der Waals surface area (Å²) in [5.74, 6) is 0. The summed E-state index contributed by atoms with van der Waals surface area (Å²) in [5.41, 5.74) is 7.57. The van der Waals surface area contributed by atoms with Crippen LogP contribution in [0, 0.1) is 0 Å². The van der Waals surface area contributed by atoms with Gasteiger partial charge in [0.15, 0.2) is 0 Å². The van der Waals surface area contributed by atoms with Crippen molar-refractivity contribution in [3.05, 3.63) is 45.6 Å². The summed E-state index contributed by atoms with van der Waals surface area (Å²) in [6.45, 7) is 0.936. The summed E-state index contributed by atoms with van der Waals surface area (Å²) >= 11 is 8.11. The Bertz CT molecular complexity index is 535. The Morgan fingerprint density at radius 3 is 2.78 bits per heavy atom. The second-order valence-corrected chi connectivity index (χ2v) is 6.09. The molecule has 1 aliphatic rings. The zero-order valence-electron chi connectivity index (χ0n) is 9.97. The molecule has 1 aromatic heterocycles. The highest BCUT2D eigenvalue weighted by Gasteiger charge is 2.30. The van der Waals surface area contributed by atoms with Crippen LogP contribution in [-0.4, -0.2) is 6.04 Å². The monoisotopic (exact) mass is 278 g/mol. The van der Waals surface area contributed by atoms with Crippen molar-refractivity contribution in [2.75, 3.05) is 10.6 Å². The number of rotatable bonds is 4. The van der Waals surface area contributed by atoms with Gasteiger partial charge in [0.2, 0.25) is 0 Å². The van der Waals surface area contributed by atoms with Crippen molar-refractivity contribution in [2.24, 2.45) is 0 Å². The molecule has 3 rings (SSSR count). The van der Waals surface area contributed by atoms with Gasteiger partial charge in [-0.2, -0.15) is 0 Å². The lowest BCUT2D eigenvalue weighted by Gasteiger charge is -2.25. The Hall–Kier alpha value is -1.19. The standard InChI is InChI=1S/C14H15ClN2S/c15-13-8-10(16)3-6-14(13)17(11-4-5-11)9-12-2-1-7-18-12/h1-3,6-8,11H,4-5,9,16H2. The quantitative estimate of drug-likeness (QED) is 0.851. The van der Waals surface area contributed by atoms with E-state index in [-0.39, 0.29) is 0 Å². The summed E-state index contributed by atoms with van der Waals surface area (Å²) in [6, 6.07) is 10.7. The van der Waals surface area contributed by atoms with E-state index in [1.165, 1.54) is 17.7 Å². The molecule has 0 atom stereocenters. The fraction of sp³-hybridized carbons (Fsp3) is 0.286. The van der Waals surface area contributed by atoms with Crippen LogP contribution >= 0.6 is 22.9 Å². The highest BCUT2D eigenvalue weighted by molar-refractivity contribution is 7.09. The average Bonchev–Trinajstić information content (AvgIpc) is 3.05. The summed E-state index contributed by atoms with van der Waals surface area (Å²) in [4.78, 5) is 3.77. The van der Waals surface area contributed by atoms with Gasteiger partial charge < -0.3 is 10.6 Å². The molecule has 18 heavy (non-hydrogen) atoms. The number of thiophene rings is 1. The van der Waals surface area contributed by atoms with Gasteiger partial charge in [-0.15, -0.1) is 11.3 Å². The first kappa shape index (κ1) is 11.9. The van der Waals surface area contributed by atoms with Gasteiger partial charge in [0, 0.05) is 16.6 Å². The molecule has 1 aliphatic carbocycles. The van der Waals surface area contributed by atoms with Gasteiger partial charge in [0.05, 0.1) is 17.3 Å². The smallest absolute Gasteiger partial charge is 0.0660 e. The van der Waals surface area contributed by atoms with Crippen LogP contribution in [0.5, 0.6) is 0 Å². The fourth-order valence-corrected chi connectivity index (χ4v) is 3.12. The Kier molecular flexibility index (Phi) is 3.18. The summed E-state index contributed by atoms with van der Waals surface area (Å²) in [7, 11) is 0. The largest absolute Gasteiger partial charge is 0.399 e. The second-order valence-electron chi connectivity index (χ2n) is 4.65. The number of nitrogens with two attached hydrogens (primary N) is 1. The maximum Gasteiger partial charge on any atom is 0.0660 e. The number of nitrogens with zero attached hydrogens (tertiary/aromatic N) is 1. The van der Waals surface area contributed by atoms with Crippen molar-refractivity contribution in [3.63, 3.8) is 0 Å². The van der Waals surface area contributed by atoms with Gasteiger partial charge in [-0.3, -0.25) is 0 Å². The molecule has 1 saturated carbocycles. The molecule has 0 saturated heterocycles. The van der Waals surface area contributed by atoms with Crippen LogP contribution < -0.4 is 10.6 Å². The van der Waals surface area contributed by atoms with Crippen LogP contribution in [0.4, 0.5) is 11.4 Å². The van der Waals surface area contributed by atoms with Gasteiger partial charge in [0.25, 0.3) is 0 Å². The summed E-state index contributed by atoms with van der Waals surface area (Å²) in [5, 5.41) is 2.86. The minimum Gasteiger partial charge on any atom is -0.399 e. The Morgan fingerprint density at radius 1 is 1.33 bits per heavy atom. The van der Waals surface area contributed by atoms with Crippen molar-refractivity contribution in [2.45, 2.75) is 25.4 Å². The van der Waals surface area contributed by atoms with E-state index >= 15 is 0 Å². The highest BCUT2D eigenvalue weighted by Crippen LogP contribution is 2.38. The Morgan fingerprint density at radius 2 is 2.17 bits per heavy atom. The molecule has 2 aromatic rings. The van der Waals surface area contributed by atoms with Crippen LogP contribution in [-0.2, 0) is 6.54 Å². The van der Waals surface area contributed by atoms with Gasteiger partial charge in [-0.05, 0) is 42.5 Å². The Balaban J connectivity index is 1.89. The van der Waals surface area contributed by atoms with Crippen LogP contribution in [0.2, 0.25) is 5.02 Å². The number of nitrogen functional groups attached to an aromatic ring is 1. The molecule has 2 nitrogen and oxygen atoms in total. The molecule has 0 bridgehead atoms. The number of hydrogen-bond acceptors (Lipinski definition) is 3. The number of anilines is 2. The fourth-order valence-electron chi connectivity index (χ4n) is 2.12. The van der Waals surface area contributed by atoms with Crippen molar-refractivity contribution in [1.82, 2.24) is 0 Å². The van der Waals surface area contributed by atoms with Crippen molar-refractivity contribution in [1.29, 1.82) is 0 Å². The molecular weight excluding hydrogens is 264 g/mol. The molecule has 0 spiro atoms. The first-order valence-electron chi connectivity index (χ1n) is 6.08. The van der Waals surface area contributed by atoms with Crippen molar-refractivity contribution >= 4 is 34.3 Å². The van der Waals surface area contributed by atoms with Gasteiger partial charge >= 0.3 is 0 Å². The first-order valence-corrected chi connectivity index (χ1v) is 7.34. The van der Waals surface area contributed by atoms with Crippen LogP contribution in [0.3, 0.4) is 0 Å². The molecule has 0 unspecified atom stereocenters. The maximum atomic E-state index is 6.32. The lowest BCUT2D eigenvalue weighted by molar-refractivity contribution is 0.804.